The molecule has 2 aromatic heterocycles. The van der Waals surface area contributed by atoms with Crippen molar-refractivity contribution < 1.29 is 15.3 Å². The molecule has 5 nitrogen and oxygen atoms in total. The number of aromatic amines is 1. The van der Waals surface area contributed by atoms with E-state index in [1.165, 1.54) is 32.1 Å². The fourth-order valence-corrected chi connectivity index (χ4v) is 4.26. The Morgan fingerprint density at radius 3 is 2.35 bits per heavy atom. The van der Waals surface area contributed by atoms with Crippen LogP contribution in [-0.2, 0) is 0 Å². The second-order valence-electron chi connectivity index (χ2n) is 8.74. The van der Waals surface area contributed by atoms with Crippen LogP contribution >= 0.6 is 0 Å². The van der Waals surface area contributed by atoms with Gasteiger partial charge >= 0.3 is 0 Å². The summed E-state index contributed by atoms with van der Waals surface area (Å²) in [4.78, 5) is 13.8. The van der Waals surface area contributed by atoms with Gasteiger partial charge < -0.3 is 15.0 Å². The maximum Gasteiger partial charge on any atom is 0.161 e. The molecule has 0 atom stereocenters. The second kappa shape index (κ2) is 9.73. The van der Waals surface area contributed by atoms with E-state index in [-0.39, 0.29) is 7.53 Å². The van der Waals surface area contributed by atoms with E-state index >= 15 is 0 Å². The highest BCUT2D eigenvalue weighted by Crippen LogP contribution is 2.25. The first-order chi connectivity index (χ1) is 15.0. The van der Waals surface area contributed by atoms with Crippen molar-refractivity contribution in [2.45, 2.75) is 58.0 Å². The van der Waals surface area contributed by atoms with Gasteiger partial charge in [-0.05, 0) is 30.9 Å². The quantitative estimate of drug-likeness (QED) is 0.548. The highest BCUT2D eigenvalue weighted by atomic mass is 19.2. The molecule has 3 aromatic rings. The number of imidazole rings is 1. The van der Waals surface area contributed by atoms with E-state index in [1.807, 2.05) is 12.1 Å². The molecule has 5 rings (SSSR count). The van der Waals surface area contributed by atoms with Crippen molar-refractivity contribution in [3.63, 3.8) is 0 Å². The number of aliphatic hydroxyl groups excluding tert-OH is 1. The van der Waals surface area contributed by atoms with Gasteiger partial charge in [0, 0.05) is 38.4 Å². The average molecular weight is 431 g/mol. The average Bonchev–Trinajstić information content (AvgIpc) is 3.18. The Hall–Kier alpha value is -2.54. The van der Waals surface area contributed by atoms with Crippen molar-refractivity contribution in [3.05, 3.63) is 42.1 Å². The Labute approximate surface area is 183 Å². The van der Waals surface area contributed by atoms with E-state index in [2.05, 4.69) is 26.8 Å². The Balaban J connectivity index is 0.000000311. The first kappa shape index (κ1) is 21.7. The number of H-pyrrole nitrogens is 1. The molecule has 1 saturated carbocycles. The Morgan fingerprint density at radius 1 is 1.03 bits per heavy atom. The Morgan fingerprint density at radius 2 is 1.74 bits per heavy atom. The number of aromatic nitrogens is 3. The number of pyridine rings is 1. The molecular weight excluding hydrogens is 398 g/mol. The van der Waals surface area contributed by atoms with Crippen LogP contribution in [0.1, 0.15) is 53.3 Å². The van der Waals surface area contributed by atoms with Gasteiger partial charge in [0.1, 0.15) is 11.6 Å². The summed E-state index contributed by atoms with van der Waals surface area (Å²) in [5, 5.41) is 9.56. The van der Waals surface area contributed by atoms with Crippen LogP contribution in [0.4, 0.5) is 14.6 Å². The number of fused-ring (bicyclic) bond motifs is 1. The summed E-state index contributed by atoms with van der Waals surface area (Å²) >= 11 is 0. The van der Waals surface area contributed by atoms with Gasteiger partial charge in [-0.3, -0.25) is 0 Å². The molecule has 31 heavy (non-hydrogen) atoms. The number of hydrogen-bond donors (Lipinski definition) is 2. The van der Waals surface area contributed by atoms with Crippen LogP contribution in [0.25, 0.3) is 22.4 Å². The molecular formula is C24H32F2N4O. The minimum Gasteiger partial charge on any atom is -0.393 e. The first-order valence-electron chi connectivity index (χ1n) is 11.2. The molecule has 168 valence electrons. The molecule has 2 fully saturated rings. The summed E-state index contributed by atoms with van der Waals surface area (Å²) in [6, 6.07) is 5.94. The van der Waals surface area contributed by atoms with Gasteiger partial charge in [-0.25, -0.2) is 18.7 Å². The number of piperidine rings is 1. The predicted octanol–water partition coefficient (Wildman–Crippen LogP) is 5.70. The van der Waals surface area contributed by atoms with Gasteiger partial charge in [-0.1, -0.05) is 39.0 Å². The molecule has 2 N–H and O–H groups in total. The van der Waals surface area contributed by atoms with Crippen molar-refractivity contribution in [2.75, 3.05) is 18.0 Å². The number of benzene rings is 1. The van der Waals surface area contributed by atoms with Crippen LogP contribution in [0.2, 0.25) is 0 Å². The molecule has 0 spiro atoms. The van der Waals surface area contributed by atoms with Crippen molar-refractivity contribution in [3.8, 4) is 11.4 Å². The van der Waals surface area contributed by atoms with Crippen molar-refractivity contribution in [1.29, 1.82) is 0 Å². The summed E-state index contributed by atoms with van der Waals surface area (Å²) in [5.74, 6) is 0.579. The van der Waals surface area contributed by atoms with Gasteiger partial charge in [-0.15, -0.1) is 0 Å². The van der Waals surface area contributed by atoms with Crippen molar-refractivity contribution in [2.24, 2.45) is 5.92 Å². The van der Waals surface area contributed by atoms with Crippen LogP contribution in [0.5, 0.6) is 0 Å². The van der Waals surface area contributed by atoms with E-state index in [1.54, 1.807) is 6.20 Å². The predicted molar refractivity (Wildman–Crippen MR) is 121 cm³/mol. The van der Waals surface area contributed by atoms with Gasteiger partial charge in [0.2, 0.25) is 0 Å². The summed E-state index contributed by atoms with van der Waals surface area (Å²) in [6.07, 6.45) is 10.4. The normalized spacial score (nSPS) is 18.1. The highest BCUT2D eigenvalue weighted by molar-refractivity contribution is 5.79. The highest BCUT2D eigenvalue weighted by Gasteiger charge is 2.18. The monoisotopic (exact) mass is 430 g/mol. The zero-order valence-electron chi connectivity index (χ0n) is 18.0. The summed E-state index contributed by atoms with van der Waals surface area (Å²) in [5.41, 5.74) is 1.56. The van der Waals surface area contributed by atoms with Gasteiger partial charge in [0.25, 0.3) is 0 Å². The fraction of sp³-hybridized carbons (Fsp3) is 0.500. The zero-order valence-corrected chi connectivity index (χ0v) is 18.0. The third kappa shape index (κ3) is 5.39. The lowest BCUT2D eigenvalue weighted by molar-refractivity contribution is 0.145. The second-order valence-corrected chi connectivity index (χ2v) is 8.74. The van der Waals surface area contributed by atoms with E-state index in [4.69, 9.17) is 0 Å². The third-order valence-corrected chi connectivity index (χ3v) is 6.23. The fourth-order valence-electron chi connectivity index (χ4n) is 4.26. The summed E-state index contributed by atoms with van der Waals surface area (Å²) < 4.78 is 26.6. The smallest absolute Gasteiger partial charge is 0.161 e. The largest absolute Gasteiger partial charge is 0.393 e. The molecule has 1 aromatic carbocycles. The third-order valence-electron chi connectivity index (χ3n) is 6.23. The van der Waals surface area contributed by atoms with Crippen molar-refractivity contribution in [1.82, 2.24) is 15.0 Å². The molecule has 2 aliphatic rings. The lowest BCUT2D eigenvalue weighted by atomic mass is 9.91. The maximum absolute atomic E-state index is 13.3. The molecule has 7 heteroatoms. The molecule has 0 radical (unpaired) electrons. The number of nitrogens with zero attached hydrogens (tertiary/aromatic N) is 3. The minimum atomic E-state index is -0.915. The van der Waals surface area contributed by atoms with E-state index in [9.17, 15) is 13.9 Å². The minimum absolute atomic E-state index is 0. The van der Waals surface area contributed by atoms with Gasteiger partial charge in [-0.2, -0.15) is 0 Å². The van der Waals surface area contributed by atoms with Crippen LogP contribution in [0.3, 0.4) is 0 Å². The maximum atomic E-state index is 13.3. The molecule has 1 aliphatic carbocycles. The first-order valence-corrected chi connectivity index (χ1v) is 11.2. The lowest BCUT2D eigenvalue weighted by Gasteiger charge is -2.30. The molecule has 1 saturated heterocycles. The van der Waals surface area contributed by atoms with Gasteiger partial charge in [0.05, 0.1) is 17.1 Å². The van der Waals surface area contributed by atoms with Crippen LogP contribution in [0.15, 0.2) is 30.5 Å². The molecule has 0 bridgehead atoms. The number of rotatable bonds is 2. The number of anilines is 1. The summed E-state index contributed by atoms with van der Waals surface area (Å²) in [6.45, 7) is 3.91. The number of halogens is 2. The Bertz CT molecular complexity index is 958. The zero-order chi connectivity index (χ0) is 21.8. The number of nitrogens with one attached hydrogen (secondary N) is 1. The standard InChI is InChI=1S/C17H16F2N4O.C7H14.H2/c18-12-7-14-15(8-13(12)19)22-17(21-14)10-1-2-16(20-9-10)23-5-3-11(24)4-6-23;1-7-5-3-2-4-6-7;/h1-2,7-9,11,24H,3-6H2,(H,21,22);7H,2-6H2,1H3;1H. The topological polar surface area (TPSA) is 65.0 Å². The van der Waals surface area contributed by atoms with Gasteiger partial charge in [0.15, 0.2) is 11.6 Å². The molecule has 3 heterocycles. The number of aliphatic hydroxyl groups is 1. The summed E-state index contributed by atoms with van der Waals surface area (Å²) in [7, 11) is 0. The number of hydrogen-bond acceptors (Lipinski definition) is 4. The van der Waals surface area contributed by atoms with Crippen molar-refractivity contribution >= 4 is 16.9 Å². The van der Waals surface area contributed by atoms with Crippen LogP contribution in [-0.4, -0.2) is 39.3 Å². The van der Waals surface area contributed by atoms with Crippen LogP contribution < -0.4 is 4.90 Å². The van der Waals surface area contributed by atoms with E-state index in [0.29, 0.717) is 16.9 Å². The lowest BCUT2D eigenvalue weighted by Crippen LogP contribution is -2.36. The van der Waals surface area contributed by atoms with E-state index < -0.39 is 11.6 Å². The van der Waals surface area contributed by atoms with E-state index in [0.717, 1.165) is 55.4 Å². The SMILES string of the molecule is CC1CCCCC1.OC1CCN(c2ccc(-c3nc4cc(F)c(F)cc4[nH]3)cn2)CC1.[HH]. The molecule has 1 aliphatic heterocycles. The molecule has 0 unspecified atom stereocenters. The van der Waals surface area contributed by atoms with Crippen LogP contribution in [0, 0.1) is 17.6 Å². The molecule has 0 amide bonds. The Kier molecular flexibility index (Phi) is 6.80.